The van der Waals surface area contributed by atoms with Crippen LogP contribution >= 0.6 is 0 Å². The summed E-state index contributed by atoms with van der Waals surface area (Å²) in [5, 5.41) is 10.6. The van der Waals surface area contributed by atoms with Crippen LogP contribution in [0.25, 0.3) is 0 Å². The van der Waals surface area contributed by atoms with Crippen LogP contribution in [0.15, 0.2) is 18.2 Å². The van der Waals surface area contributed by atoms with Crippen molar-refractivity contribution in [3.05, 3.63) is 34.9 Å². The van der Waals surface area contributed by atoms with E-state index in [9.17, 15) is 5.11 Å². The van der Waals surface area contributed by atoms with Crippen LogP contribution in [0.3, 0.4) is 0 Å². The van der Waals surface area contributed by atoms with Gasteiger partial charge >= 0.3 is 0 Å². The molecule has 2 aliphatic rings. The molecule has 0 aliphatic carbocycles. The number of fused-ring (bicyclic) bond motifs is 1. The maximum Gasteiger partial charge on any atom is 0.0917 e. The molecule has 2 fully saturated rings. The van der Waals surface area contributed by atoms with Crippen LogP contribution in [-0.4, -0.2) is 53.2 Å². The number of aliphatic hydroxyl groups is 1. The first kappa shape index (κ1) is 15.0. The van der Waals surface area contributed by atoms with Gasteiger partial charge in [-0.15, -0.1) is 0 Å². The van der Waals surface area contributed by atoms with Crippen molar-refractivity contribution < 1.29 is 5.11 Å². The number of hydrogen-bond donors (Lipinski definition) is 1. The summed E-state index contributed by atoms with van der Waals surface area (Å²) in [6, 6.07) is 7.66. The Hall–Kier alpha value is -0.900. The van der Waals surface area contributed by atoms with Gasteiger partial charge in [-0.1, -0.05) is 29.3 Å². The lowest BCUT2D eigenvalue weighted by atomic mass is 10.0. The highest BCUT2D eigenvalue weighted by atomic mass is 16.3. The van der Waals surface area contributed by atoms with E-state index in [0.717, 1.165) is 25.2 Å². The molecule has 3 rings (SSSR count). The molecule has 3 unspecified atom stereocenters. The van der Waals surface area contributed by atoms with E-state index in [1.165, 1.54) is 30.5 Å². The van der Waals surface area contributed by atoms with Crippen molar-refractivity contribution in [1.82, 2.24) is 9.80 Å². The molecule has 3 heteroatoms. The fourth-order valence-corrected chi connectivity index (χ4v) is 4.03. The molecule has 0 amide bonds. The minimum atomic E-state index is -0.376. The van der Waals surface area contributed by atoms with Gasteiger partial charge in [0.05, 0.1) is 6.10 Å². The zero-order chi connectivity index (χ0) is 15.0. The summed E-state index contributed by atoms with van der Waals surface area (Å²) in [6.07, 6.45) is 2.28. The normalized spacial score (nSPS) is 28.6. The van der Waals surface area contributed by atoms with Crippen molar-refractivity contribution in [1.29, 1.82) is 0 Å². The average Bonchev–Trinajstić information content (AvgIpc) is 2.85. The molecular weight excluding hydrogens is 260 g/mol. The molecule has 116 valence electrons. The van der Waals surface area contributed by atoms with Crippen LogP contribution in [0.1, 0.15) is 42.6 Å². The van der Waals surface area contributed by atoms with E-state index in [2.05, 4.69) is 48.8 Å². The van der Waals surface area contributed by atoms with E-state index < -0.39 is 0 Å². The van der Waals surface area contributed by atoms with Crippen LogP contribution in [0.4, 0.5) is 0 Å². The maximum absolute atomic E-state index is 10.6. The van der Waals surface area contributed by atoms with Crippen LogP contribution in [0, 0.1) is 13.8 Å². The lowest BCUT2D eigenvalue weighted by molar-refractivity contribution is 0.0226. The molecule has 0 radical (unpaired) electrons. The molecule has 3 atom stereocenters. The van der Waals surface area contributed by atoms with Gasteiger partial charge in [0.15, 0.2) is 0 Å². The minimum Gasteiger partial charge on any atom is -0.387 e. The van der Waals surface area contributed by atoms with E-state index in [4.69, 9.17) is 0 Å². The zero-order valence-corrected chi connectivity index (χ0v) is 13.5. The van der Waals surface area contributed by atoms with Crippen LogP contribution in [0.2, 0.25) is 0 Å². The SMILES string of the molecule is Cc1cc(C)cc(C(O)CN2CC3CCCN3CC2C)c1. The molecule has 1 aromatic rings. The third-order valence-electron chi connectivity index (χ3n) is 5.10. The second kappa shape index (κ2) is 6.07. The van der Waals surface area contributed by atoms with Crippen LogP contribution in [0.5, 0.6) is 0 Å². The molecule has 0 saturated carbocycles. The number of β-amino-alcohol motifs (C(OH)–C–C–N with tert-alkyl or cyclic N) is 1. The van der Waals surface area contributed by atoms with Crippen LogP contribution < -0.4 is 0 Å². The fraction of sp³-hybridized carbons (Fsp3) is 0.667. The Bertz CT molecular complexity index is 482. The van der Waals surface area contributed by atoms with Gasteiger partial charge in [-0.05, 0) is 45.7 Å². The van der Waals surface area contributed by atoms with Gasteiger partial charge < -0.3 is 5.11 Å². The molecular formula is C18H28N2O. The van der Waals surface area contributed by atoms with Crippen molar-refractivity contribution in [2.24, 2.45) is 0 Å². The number of piperazine rings is 1. The first-order valence-electron chi connectivity index (χ1n) is 8.27. The van der Waals surface area contributed by atoms with Gasteiger partial charge in [-0.25, -0.2) is 0 Å². The highest BCUT2D eigenvalue weighted by Gasteiger charge is 2.34. The van der Waals surface area contributed by atoms with E-state index in [0.29, 0.717) is 12.1 Å². The third-order valence-corrected chi connectivity index (χ3v) is 5.10. The smallest absolute Gasteiger partial charge is 0.0917 e. The molecule has 0 bridgehead atoms. The average molecular weight is 288 g/mol. The first-order valence-corrected chi connectivity index (χ1v) is 8.27. The largest absolute Gasteiger partial charge is 0.387 e. The predicted octanol–water partition coefficient (Wildman–Crippen LogP) is 2.51. The second-order valence-corrected chi connectivity index (χ2v) is 7.03. The Morgan fingerprint density at radius 2 is 1.90 bits per heavy atom. The summed E-state index contributed by atoms with van der Waals surface area (Å²) < 4.78 is 0. The minimum absolute atomic E-state index is 0.376. The molecule has 21 heavy (non-hydrogen) atoms. The standard InChI is InChI=1S/C18H28N2O/c1-13-7-14(2)9-16(8-13)18(21)12-20-11-17-5-4-6-19(17)10-15(20)3/h7-9,15,17-18,21H,4-6,10-12H2,1-3H3. The number of nitrogens with zero attached hydrogens (tertiary/aromatic N) is 2. The highest BCUT2D eigenvalue weighted by Crippen LogP contribution is 2.26. The number of rotatable bonds is 3. The van der Waals surface area contributed by atoms with Gasteiger partial charge in [-0.2, -0.15) is 0 Å². The molecule has 2 saturated heterocycles. The molecule has 3 nitrogen and oxygen atoms in total. The van der Waals surface area contributed by atoms with Gasteiger partial charge in [0.2, 0.25) is 0 Å². The fourth-order valence-electron chi connectivity index (χ4n) is 4.03. The van der Waals surface area contributed by atoms with Gasteiger partial charge in [0.1, 0.15) is 0 Å². The molecule has 0 spiro atoms. The van der Waals surface area contributed by atoms with Gasteiger partial charge in [-0.3, -0.25) is 9.80 Å². The van der Waals surface area contributed by atoms with E-state index in [-0.39, 0.29) is 6.10 Å². The maximum atomic E-state index is 10.6. The summed E-state index contributed by atoms with van der Waals surface area (Å²) in [6.45, 7) is 10.8. The Labute approximate surface area is 128 Å². The number of aliphatic hydroxyl groups excluding tert-OH is 1. The molecule has 1 N–H and O–H groups in total. The topological polar surface area (TPSA) is 26.7 Å². The van der Waals surface area contributed by atoms with Gasteiger partial charge in [0.25, 0.3) is 0 Å². The Balaban J connectivity index is 1.67. The van der Waals surface area contributed by atoms with Crippen molar-refractivity contribution >= 4 is 0 Å². The summed E-state index contributed by atoms with van der Waals surface area (Å²) in [4.78, 5) is 5.11. The van der Waals surface area contributed by atoms with E-state index >= 15 is 0 Å². The zero-order valence-electron chi connectivity index (χ0n) is 13.5. The van der Waals surface area contributed by atoms with Crippen molar-refractivity contribution in [3.8, 4) is 0 Å². The first-order chi connectivity index (χ1) is 10.0. The van der Waals surface area contributed by atoms with Crippen molar-refractivity contribution in [2.75, 3.05) is 26.2 Å². The Kier molecular flexibility index (Phi) is 4.34. The Morgan fingerprint density at radius 3 is 2.62 bits per heavy atom. The number of benzene rings is 1. The monoisotopic (exact) mass is 288 g/mol. The summed E-state index contributed by atoms with van der Waals surface area (Å²) in [5.41, 5.74) is 3.53. The summed E-state index contributed by atoms with van der Waals surface area (Å²) in [5.74, 6) is 0. The van der Waals surface area contributed by atoms with Crippen molar-refractivity contribution in [3.63, 3.8) is 0 Å². The Morgan fingerprint density at radius 1 is 1.19 bits per heavy atom. The van der Waals surface area contributed by atoms with Crippen molar-refractivity contribution in [2.45, 2.75) is 51.8 Å². The number of aryl methyl sites for hydroxylation is 2. The lowest BCUT2D eigenvalue weighted by Gasteiger charge is -2.43. The quantitative estimate of drug-likeness (QED) is 0.926. The van der Waals surface area contributed by atoms with E-state index in [1.54, 1.807) is 0 Å². The van der Waals surface area contributed by atoms with E-state index in [1.807, 2.05) is 0 Å². The van der Waals surface area contributed by atoms with Crippen LogP contribution in [-0.2, 0) is 0 Å². The predicted molar refractivity (Wildman–Crippen MR) is 86.5 cm³/mol. The highest BCUT2D eigenvalue weighted by molar-refractivity contribution is 5.30. The third kappa shape index (κ3) is 3.31. The molecule has 2 heterocycles. The molecule has 0 aromatic heterocycles. The molecule has 2 aliphatic heterocycles. The number of hydrogen-bond acceptors (Lipinski definition) is 3. The second-order valence-electron chi connectivity index (χ2n) is 7.03. The summed E-state index contributed by atoms with van der Waals surface area (Å²) >= 11 is 0. The lowest BCUT2D eigenvalue weighted by Crippen LogP contribution is -2.55. The summed E-state index contributed by atoms with van der Waals surface area (Å²) in [7, 11) is 0. The molecule has 1 aromatic carbocycles. The van der Waals surface area contributed by atoms with Gasteiger partial charge in [0, 0.05) is 31.7 Å².